The number of nitrogens with zero attached hydrogens (tertiary/aromatic N) is 2. The van der Waals surface area contributed by atoms with Gasteiger partial charge in [0.1, 0.15) is 11.4 Å². The van der Waals surface area contributed by atoms with Crippen molar-refractivity contribution in [2.24, 2.45) is 0 Å². The molecule has 0 fully saturated rings. The summed E-state index contributed by atoms with van der Waals surface area (Å²) < 4.78 is 10.8. The number of ether oxygens (including phenoxy) is 1. The fraction of sp³-hybridized carbons (Fsp3) is 0.111. The Balaban J connectivity index is 1.91. The minimum Gasteiger partial charge on any atom is -0.497 e. The summed E-state index contributed by atoms with van der Waals surface area (Å²) >= 11 is 0. The number of fused-ring (bicyclic) bond motifs is 1. The van der Waals surface area contributed by atoms with E-state index < -0.39 is 0 Å². The van der Waals surface area contributed by atoms with Gasteiger partial charge in [0.15, 0.2) is 0 Å². The van der Waals surface area contributed by atoms with Crippen molar-refractivity contribution in [2.45, 2.75) is 6.42 Å². The Kier molecular flexibility index (Phi) is 3.31. The standard InChI is InChI=1S/C18H15N3O2/c1-22-13-7-8-16-14(10-13)15(9-12-5-3-2-4-6-12)17(20-16)18-21-19-11-23-18/h2-8,10-11,20H,9H2,1H3. The van der Waals surface area contributed by atoms with Crippen LogP contribution in [0.2, 0.25) is 0 Å². The monoisotopic (exact) mass is 305 g/mol. The molecule has 0 saturated carbocycles. The molecule has 0 amide bonds. The Hall–Kier alpha value is -3.08. The van der Waals surface area contributed by atoms with E-state index in [1.54, 1.807) is 7.11 Å². The zero-order valence-electron chi connectivity index (χ0n) is 12.6. The highest BCUT2D eigenvalue weighted by molar-refractivity contribution is 5.90. The summed E-state index contributed by atoms with van der Waals surface area (Å²) in [6.45, 7) is 0. The molecule has 5 nitrogen and oxygen atoms in total. The summed E-state index contributed by atoms with van der Waals surface area (Å²) in [6, 6.07) is 16.3. The van der Waals surface area contributed by atoms with Crippen molar-refractivity contribution >= 4 is 10.9 Å². The van der Waals surface area contributed by atoms with E-state index in [1.165, 1.54) is 12.0 Å². The number of hydrogen-bond acceptors (Lipinski definition) is 4. The predicted molar refractivity (Wildman–Crippen MR) is 87.4 cm³/mol. The Labute approximate surface area is 132 Å². The maximum atomic E-state index is 5.40. The molecule has 0 radical (unpaired) electrons. The first-order chi connectivity index (χ1) is 11.3. The summed E-state index contributed by atoms with van der Waals surface area (Å²) in [7, 11) is 1.67. The van der Waals surface area contributed by atoms with E-state index in [4.69, 9.17) is 9.15 Å². The molecule has 0 aliphatic heterocycles. The van der Waals surface area contributed by atoms with Gasteiger partial charge >= 0.3 is 0 Å². The molecule has 23 heavy (non-hydrogen) atoms. The fourth-order valence-corrected chi connectivity index (χ4v) is 2.80. The summed E-state index contributed by atoms with van der Waals surface area (Å²) in [5.41, 5.74) is 4.21. The minimum absolute atomic E-state index is 0.492. The minimum atomic E-state index is 0.492. The number of hydrogen-bond donors (Lipinski definition) is 1. The van der Waals surface area contributed by atoms with Gasteiger partial charge in [-0.25, -0.2) is 0 Å². The van der Waals surface area contributed by atoms with Crippen LogP contribution in [0.15, 0.2) is 59.3 Å². The third-order valence-electron chi connectivity index (χ3n) is 3.91. The molecule has 2 aromatic heterocycles. The molecule has 0 spiro atoms. The molecule has 2 heterocycles. The number of aromatic nitrogens is 3. The van der Waals surface area contributed by atoms with Crippen molar-refractivity contribution in [3.05, 3.63) is 66.1 Å². The lowest BCUT2D eigenvalue weighted by Crippen LogP contribution is -1.91. The van der Waals surface area contributed by atoms with Crippen LogP contribution < -0.4 is 4.74 Å². The Bertz CT molecular complexity index is 928. The van der Waals surface area contributed by atoms with E-state index in [2.05, 4.69) is 27.3 Å². The Morgan fingerprint density at radius 3 is 2.74 bits per heavy atom. The van der Waals surface area contributed by atoms with Gasteiger partial charge in [0.05, 0.1) is 7.11 Å². The van der Waals surface area contributed by atoms with Gasteiger partial charge in [-0.2, -0.15) is 0 Å². The van der Waals surface area contributed by atoms with Crippen LogP contribution in [-0.4, -0.2) is 22.3 Å². The first-order valence-corrected chi connectivity index (χ1v) is 7.34. The van der Waals surface area contributed by atoms with Crippen LogP contribution in [-0.2, 0) is 6.42 Å². The summed E-state index contributed by atoms with van der Waals surface area (Å²) in [5, 5.41) is 8.94. The molecule has 5 heteroatoms. The maximum Gasteiger partial charge on any atom is 0.264 e. The van der Waals surface area contributed by atoms with E-state index in [0.29, 0.717) is 5.89 Å². The van der Waals surface area contributed by atoms with Crippen molar-refractivity contribution in [3.63, 3.8) is 0 Å². The predicted octanol–water partition coefficient (Wildman–Crippen LogP) is 3.82. The van der Waals surface area contributed by atoms with Gasteiger partial charge in [0, 0.05) is 17.3 Å². The molecule has 1 N–H and O–H groups in total. The fourth-order valence-electron chi connectivity index (χ4n) is 2.80. The molecular formula is C18H15N3O2. The third-order valence-corrected chi connectivity index (χ3v) is 3.91. The summed E-state index contributed by atoms with van der Waals surface area (Å²) in [5.74, 6) is 1.31. The average Bonchev–Trinajstić information content (AvgIpc) is 3.23. The lowest BCUT2D eigenvalue weighted by Gasteiger charge is -2.04. The smallest absolute Gasteiger partial charge is 0.264 e. The van der Waals surface area contributed by atoms with Gasteiger partial charge in [0.2, 0.25) is 6.39 Å². The molecule has 4 aromatic rings. The van der Waals surface area contributed by atoms with E-state index in [-0.39, 0.29) is 0 Å². The maximum absolute atomic E-state index is 5.40. The van der Waals surface area contributed by atoms with Crippen molar-refractivity contribution in [1.82, 2.24) is 15.2 Å². The van der Waals surface area contributed by atoms with Crippen molar-refractivity contribution < 1.29 is 9.15 Å². The summed E-state index contributed by atoms with van der Waals surface area (Å²) in [4.78, 5) is 3.39. The first kappa shape index (κ1) is 13.6. The van der Waals surface area contributed by atoms with E-state index in [1.807, 2.05) is 36.4 Å². The molecule has 0 saturated heterocycles. The Morgan fingerprint density at radius 2 is 2.00 bits per heavy atom. The number of aromatic amines is 1. The van der Waals surface area contributed by atoms with Crippen LogP contribution in [0.3, 0.4) is 0 Å². The molecule has 0 aliphatic rings. The van der Waals surface area contributed by atoms with E-state index in [0.717, 1.165) is 34.3 Å². The highest BCUT2D eigenvalue weighted by atomic mass is 16.5. The quantitative estimate of drug-likeness (QED) is 0.622. The molecule has 0 atom stereocenters. The lowest BCUT2D eigenvalue weighted by atomic mass is 10.0. The van der Waals surface area contributed by atoms with E-state index in [9.17, 15) is 0 Å². The highest BCUT2D eigenvalue weighted by Gasteiger charge is 2.17. The number of benzene rings is 2. The molecular weight excluding hydrogens is 290 g/mol. The molecule has 4 rings (SSSR count). The van der Waals surface area contributed by atoms with Crippen LogP contribution in [0.5, 0.6) is 5.75 Å². The lowest BCUT2D eigenvalue weighted by molar-refractivity contribution is 0.415. The third kappa shape index (κ3) is 2.46. The van der Waals surface area contributed by atoms with Gasteiger partial charge in [-0.3, -0.25) is 0 Å². The van der Waals surface area contributed by atoms with Gasteiger partial charge in [-0.15, -0.1) is 10.2 Å². The number of methoxy groups -OCH3 is 1. The largest absolute Gasteiger partial charge is 0.497 e. The van der Waals surface area contributed by atoms with Crippen LogP contribution >= 0.6 is 0 Å². The zero-order chi connectivity index (χ0) is 15.6. The second kappa shape index (κ2) is 5.61. The Morgan fingerprint density at radius 1 is 1.13 bits per heavy atom. The number of rotatable bonds is 4. The SMILES string of the molecule is COc1ccc2[nH]c(-c3nnco3)c(Cc3ccccc3)c2c1. The first-order valence-electron chi connectivity index (χ1n) is 7.34. The van der Waals surface area contributed by atoms with Gasteiger partial charge < -0.3 is 14.1 Å². The topological polar surface area (TPSA) is 63.9 Å². The summed E-state index contributed by atoms with van der Waals surface area (Å²) in [6.07, 6.45) is 2.11. The van der Waals surface area contributed by atoms with Crippen LogP contribution in [0.1, 0.15) is 11.1 Å². The van der Waals surface area contributed by atoms with Gasteiger partial charge in [0.25, 0.3) is 5.89 Å². The van der Waals surface area contributed by atoms with Crippen molar-refractivity contribution in [2.75, 3.05) is 7.11 Å². The highest BCUT2D eigenvalue weighted by Crippen LogP contribution is 2.33. The van der Waals surface area contributed by atoms with Crippen molar-refractivity contribution in [1.29, 1.82) is 0 Å². The molecule has 0 aliphatic carbocycles. The molecule has 0 unspecified atom stereocenters. The van der Waals surface area contributed by atoms with Gasteiger partial charge in [-0.1, -0.05) is 30.3 Å². The normalized spacial score (nSPS) is 11.0. The average molecular weight is 305 g/mol. The molecule has 114 valence electrons. The van der Waals surface area contributed by atoms with Crippen LogP contribution in [0, 0.1) is 0 Å². The second-order valence-electron chi connectivity index (χ2n) is 5.30. The van der Waals surface area contributed by atoms with E-state index >= 15 is 0 Å². The van der Waals surface area contributed by atoms with Crippen LogP contribution in [0.25, 0.3) is 22.5 Å². The number of H-pyrrole nitrogens is 1. The zero-order valence-corrected chi connectivity index (χ0v) is 12.6. The van der Waals surface area contributed by atoms with Crippen LogP contribution in [0.4, 0.5) is 0 Å². The molecule has 2 aromatic carbocycles. The number of nitrogens with one attached hydrogen (secondary N) is 1. The van der Waals surface area contributed by atoms with Crippen molar-refractivity contribution in [3.8, 4) is 17.3 Å². The second-order valence-corrected chi connectivity index (χ2v) is 5.30. The van der Waals surface area contributed by atoms with Gasteiger partial charge in [-0.05, 0) is 29.3 Å². The molecule has 0 bridgehead atoms.